The molecule has 4 nitrogen and oxygen atoms in total. The number of hydrogen-bond acceptors (Lipinski definition) is 3. The topological polar surface area (TPSA) is 45.2 Å². The van der Waals surface area contributed by atoms with Crippen molar-refractivity contribution in [1.29, 1.82) is 0 Å². The number of aromatic nitrogens is 1. The standard InChI is InChI=1S/C16H25N3O/c1-12-9-14(10-17-13(12)2)11-18-15(20)16(3,4)19-7-5-6-8-19/h9-10H,5-8,11H2,1-4H3,(H,18,20). The van der Waals surface area contributed by atoms with Crippen LogP contribution in [0.2, 0.25) is 0 Å². The molecule has 110 valence electrons. The summed E-state index contributed by atoms with van der Waals surface area (Å²) >= 11 is 0. The van der Waals surface area contributed by atoms with E-state index in [4.69, 9.17) is 0 Å². The Morgan fingerprint density at radius 2 is 2.00 bits per heavy atom. The van der Waals surface area contributed by atoms with Crippen LogP contribution >= 0.6 is 0 Å². The molecule has 1 aliphatic heterocycles. The fourth-order valence-corrected chi connectivity index (χ4v) is 2.62. The summed E-state index contributed by atoms with van der Waals surface area (Å²) in [4.78, 5) is 19.0. The minimum absolute atomic E-state index is 0.0950. The van der Waals surface area contributed by atoms with Crippen molar-refractivity contribution in [2.45, 2.75) is 52.6 Å². The average molecular weight is 275 g/mol. The molecule has 1 aromatic rings. The number of carbonyl (C=O) groups is 1. The number of likely N-dealkylation sites (tertiary alicyclic amines) is 1. The van der Waals surface area contributed by atoms with E-state index in [0.29, 0.717) is 6.54 Å². The van der Waals surface area contributed by atoms with Gasteiger partial charge in [-0.3, -0.25) is 14.7 Å². The minimum atomic E-state index is -0.427. The van der Waals surface area contributed by atoms with Gasteiger partial charge in [-0.25, -0.2) is 0 Å². The summed E-state index contributed by atoms with van der Waals surface area (Å²) in [6.45, 7) is 10.6. The van der Waals surface area contributed by atoms with Crippen LogP contribution in [-0.2, 0) is 11.3 Å². The first kappa shape index (κ1) is 15.0. The normalized spacial score (nSPS) is 16.4. The lowest BCUT2D eigenvalue weighted by atomic mass is 10.0. The van der Waals surface area contributed by atoms with Crippen molar-refractivity contribution in [2.75, 3.05) is 13.1 Å². The molecule has 0 bridgehead atoms. The van der Waals surface area contributed by atoms with Gasteiger partial charge in [0, 0.05) is 18.4 Å². The Bertz CT molecular complexity index is 490. The smallest absolute Gasteiger partial charge is 0.240 e. The molecule has 0 radical (unpaired) electrons. The summed E-state index contributed by atoms with van der Waals surface area (Å²) in [5.41, 5.74) is 2.83. The highest BCUT2D eigenvalue weighted by atomic mass is 16.2. The monoisotopic (exact) mass is 275 g/mol. The number of hydrogen-bond donors (Lipinski definition) is 1. The van der Waals surface area contributed by atoms with Crippen LogP contribution in [0.5, 0.6) is 0 Å². The van der Waals surface area contributed by atoms with Gasteiger partial charge in [0.2, 0.25) is 5.91 Å². The van der Waals surface area contributed by atoms with Gasteiger partial charge in [-0.15, -0.1) is 0 Å². The third-order valence-corrected chi connectivity index (χ3v) is 4.30. The number of nitrogens with one attached hydrogen (secondary N) is 1. The van der Waals surface area contributed by atoms with E-state index in [2.05, 4.69) is 21.3 Å². The molecule has 1 amide bonds. The molecule has 0 spiro atoms. The Hall–Kier alpha value is -1.42. The summed E-state index contributed by atoms with van der Waals surface area (Å²) in [5.74, 6) is 0.0950. The Balaban J connectivity index is 1.95. The Kier molecular flexibility index (Phi) is 4.43. The lowest BCUT2D eigenvalue weighted by Crippen LogP contribution is -2.53. The lowest BCUT2D eigenvalue weighted by molar-refractivity contribution is -0.131. The van der Waals surface area contributed by atoms with E-state index in [0.717, 1.165) is 29.9 Å². The zero-order chi connectivity index (χ0) is 14.8. The summed E-state index contributed by atoms with van der Waals surface area (Å²) in [6.07, 6.45) is 4.22. The zero-order valence-electron chi connectivity index (χ0n) is 13.0. The second-order valence-corrected chi connectivity index (χ2v) is 6.18. The van der Waals surface area contributed by atoms with Crippen LogP contribution in [0.4, 0.5) is 0 Å². The van der Waals surface area contributed by atoms with Crippen LogP contribution in [0, 0.1) is 13.8 Å². The average Bonchev–Trinajstić information content (AvgIpc) is 2.94. The Labute approximate surface area is 121 Å². The Morgan fingerprint density at radius 3 is 2.60 bits per heavy atom. The fraction of sp³-hybridized carbons (Fsp3) is 0.625. The number of carbonyl (C=O) groups excluding carboxylic acids is 1. The van der Waals surface area contributed by atoms with Gasteiger partial charge in [-0.2, -0.15) is 0 Å². The molecule has 0 unspecified atom stereocenters. The van der Waals surface area contributed by atoms with Crippen molar-refractivity contribution < 1.29 is 4.79 Å². The van der Waals surface area contributed by atoms with E-state index >= 15 is 0 Å². The second kappa shape index (κ2) is 5.92. The van der Waals surface area contributed by atoms with Crippen LogP contribution in [0.3, 0.4) is 0 Å². The summed E-state index contributed by atoms with van der Waals surface area (Å²) < 4.78 is 0. The van der Waals surface area contributed by atoms with Gasteiger partial charge in [0.15, 0.2) is 0 Å². The van der Waals surface area contributed by atoms with Gasteiger partial charge in [0.25, 0.3) is 0 Å². The Morgan fingerprint density at radius 1 is 1.35 bits per heavy atom. The molecule has 0 saturated carbocycles. The lowest BCUT2D eigenvalue weighted by Gasteiger charge is -2.33. The van der Waals surface area contributed by atoms with Crippen molar-refractivity contribution in [3.8, 4) is 0 Å². The molecule has 0 aromatic carbocycles. The van der Waals surface area contributed by atoms with Gasteiger partial charge in [0.05, 0.1) is 5.54 Å². The molecular weight excluding hydrogens is 250 g/mol. The maximum absolute atomic E-state index is 12.4. The molecule has 20 heavy (non-hydrogen) atoms. The van der Waals surface area contributed by atoms with E-state index in [9.17, 15) is 4.79 Å². The van der Waals surface area contributed by atoms with E-state index in [-0.39, 0.29) is 5.91 Å². The first-order valence-electron chi connectivity index (χ1n) is 7.37. The highest BCUT2D eigenvalue weighted by Gasteiger charge is 2.35. The van der Waals surface area contributed by atoms with Crippen molar-refractivity contribution in [1.82, 2.24) is 15.2 Å². The third-order valence-electron chi connectivity index (χ3n) is 4.30. The van der Waals surface area contributed by atoms with Gasteiger partial charge < -0.3 is 5.32 Å². The maximum atomic E-state index is 12.4. The highest BCUT2D eigenvalue weighted by Crippen LogP contribution is 2.21. The van der Waals surface area contributed by atoms with Crippen LogP contribution in [0.25, 0.3) is 0 Å². The van der Waals surface area contributed by atoms with E-state index in [1.807, 2.05) is 33.9 Å². The van der Waals surface area contributed by atoms with Crippen LogP contribution in [-0.4, -0.2) is 34.4 Å². The third kappa shape index (κ3) is 3.18. The molecule has 0 aliphatic carbocycles. The molecule has 2 heterocycles. The molecule has 0 atom stereocenters. The molecule has 1 aliphatic rings. The van der Waals surface area contributed by atoms with E-state index < -0.39 is 5.54 Å². The van der Waals surface area contributed by atoms with Crippen LogP contribution < -0.4 is 5.32 Å². The van der Waals surface area contributed by atoms with Gasteiger partial charge in [-0.05, 0) is 64.8 Å². The van der Waals surface area contributed by atoms with Crippen molar-refractivity contribution >= 4 is 5.91 Å². The highest BCUT2D eigenvalue weighted by molar-refractivity contribution is 5.85. The van der Waals surface area contributed by atoms with Crippen LogP contribution in [0.1, 0.15) is 43.5 Å². The molecule has 1 aromatic heterocycles. The molecular formula is C16H25N3O. The van der Waals surface area contributed by atoms with Crippen molar-refractivity contribution in [3.63, 3.8) is 0 Å². The predicted octanol–water partition coefficient (Wildman–Crippen LogP) is 2.19. The maximum Gasteiger partial charge on any atom is 0.240 e. The molecule has 1 N–H and O–H groups in total. The number of nitrogens with zero attached hydrogens (tertiary/aromatic N) is 2. The summed E-state index contributed by atoms with van der Waals surface area (Å²) in [5, 5.41) is 3.04. The summed E-state index contributed by atoms with van der Waals surface area (Å²) in [6, 6.07) is 2.09. The molecule has 1 saturated heterocycles. The van der Waals surface area contributed by atoms with Crippen LogP contribution in [0.15, 0.2) is 12.3 Å². The van der Waals surface area contributed by atoms with Crippen molar-refractivity contribution in [2.24, 2.45) is 0 Å². The minimum Gasteiger partial charge on any atom is -0.350 e. The predicted molar refractivity (Wildman–Crippen MR) is 80.4 cm³/mol. The number of aryl methyl sites for hydroxylation is 2. The van der Waals surface area contributed by atoms with Gasteiger partial charge >= 0.3 is 0 Å². The molecule has 4 heteroatoms. The van der Waals surface area contributed by atoms with Gasteiger partial charge in [0.1, 0.15) is 0 Å². The molecule has 1 fully saturated rings. The molecule has 2 rings (SSSR count). The first-order chi connectivity index (χ1) is 9.41. The number of rotatable bonds is 4. The van der Waals surface area contributed by atoms with E-state index in [1.165, 1.54) is 12.8 Å². The second-order valence-electron chi connectivity index (χ2n) is 6.18. The summed E-state index contributed by atoms with van der Waals surface area (Å²) in [7, 11) is 0. The van der Waals surface area contributed by atoms with Gasteiger partial charge in [-0.1, -0.05) is 6.07 Å². The van der Waals surface area contributed by atoms with Crippen molar-refractivity contribution in [3.05, 3.63) is 29.1 Å². The van der Waals surface area contributed by atoms with E-state index in [1.54, 1.807) is 0 Å². The quantitative estimate of drug-likeness (QED) is 0.916. The largest absolute Gasteiger partial charge is 0.350 e. The SMILES string of the molecule is Cc1cc(CNC(=O)C(C)(C)N2CCCC2)cnc1C. The number of amides is 1. The number of pyridine rings is 1. The zero-order valence-corrected chi connectivity index (χ0v) is 13.0. The fourth-order valence-electron chi connectivity index (χ4n) is 2.62. The first-order valence-corrected chi connectivity index (χ1v) is 7.37.